The van der Waals surface area contributed by atoms with Gasteiger partial charge in [0.25, 0.3) is 5.56 Å². The lowest BCUT2D eigenvalue weighted by Crippen LogP contribution is -2.24. The van der Waals surface area contributed by atoms with Crippen LogP contribution >= 0.6 is 12.4 Å². The molecule has 0 aliphatic carbocycles. The van der Waals surface area contributed by atoms with E-state index in [1.165, 1.54) is 6.07 Å². The van der Waals surface area contributed by atoms with E-state index in [4.69, 9.17) is 9.84 Å². The molecule has 0 radical (unpaired) electrons. The van der Waals surface area contributed by atoms with Crippen LogP contribution in [-0.2, 0) is 13.0 Å². The van der Waals surface area contributed by atoms with E-state index in [-0.39, 0.29) is 23.7 Å². The van der Waals surface area contributed by atoms with E-state index in [0.29, 0.717) is 24.5 Å². The number of nitrogens with zero attached hydrogens (tertiary/aromatic N) is 5. The Balaban J connectivity index is 0.00000324. The predicted octanol–water partition coefficient (Wildman–Crippen LogP) is 3.96. The molecular formula is C23H23ClN6O4. The zero-order valence-electron chi connectivity index (χ0n) is 18.3. The molecule has 0 aliphatic rings. The largest absolute Gasteiger partial charge is 0.511 e. The van der Waals surface area contributed by atoms with Gasteiger partial charge in [0.15, 0.2) is 0 Å². The van der Waals surface area contributed by atoms with Gasteiger partial charge in [-0.3, -0.25) is 9.78 Å². The lowest BCUT2D eigenvalue weighted by Gasteiger charge is -2.14. The van der Waals surface area contributed by atoms with Gasteiger partial charge in [0.1, 0.15) is 5.75 Å². The first kappa shape index (κ1) is 24.6. The molecule has 0 aliphatic heterocycles. The third-order valence-corrected chi connectivity index (χ3v) is 5.13. The number of carboxylic acid groups (broad SMARTS) is 1. The third-order valence-electron chi connectivity index (χ3n) is 5.13. The van der Waals surface area contributed by atoms with Crippen LogP contribution in [0.15, 0.2) is 59.5 Å². The van der Waals surface area contributed by atoms with Crippen molar-refractivity contribution in [2.75, 3.05) is 0 Å². The average molecular weight is 483 g/mol. The lowest BCUT2D eigenvalue weighted by molar-refractivity contribution is 0.144. The molecule has 34 heavy (non-hydrogen) atoms. The van der Waals surface area contributed by atoms with Gasteiger partial charge in [-0.15, -0.1) is 22.6 Å². The molecule has 0 fully saturated rings. The quantitative estimate of drug-likeness (QED) is 0.360. The van der Waals surface area contributed by atoms with Crippen LogP contribution in [0.5, 0.6) is 5.75 Å². The monoisotopic (exact) mass is 482 g/mol. The number of hydrogen-bond donors (Lipinski definition) is 2. The molecule has 4 rings (SSSR count). The molecule has 0 saturated carbocycles. The first-order valence-electron chi connectivity index (χ1n) is 10.5. The molecule has 0 saturated heterocycles. The van der Waals surface area contributed by atoms with Crippen LogP contribution in [0.25, 0.3) is 22.6 Å². The van der Waals surface area contributed by atoms with Crippen molar-refractivity contribution in [1.29, 1.82) is 0 Å². The van der Waals surface area contributed by atoms with Crippen molar-refractivity contribution in [3.8, 4) is 28.4 Å². The molecule has 1 aromatic carbocycles. The number of aromatic nitrogens is 6. The smallest absolute Gasteiger partial charge is 0.449 e. The van der Waals surface area contributed by atoms with Gasteiger partial charge >= 0.3 is 6.16 Å². The average Bonchev–Trinajstić information content (AvgIpc) is 3.34. The second kappa shape index (κ2) is 11.2. The van der Waals surface area contributed by atoms with E-state index in [1.54, 1.807) is 16.8 Å². The van der Waals surface area contributed by atoms with Crippen LogP contribution in [-0.4, -0.2) is 41.4 Å². The van der Waals surface area contributed by atoms with E-state index < -0.39 is 6.16 Å². The summed E-state index contributed by atoms with van der Waals surface area (Å²) in [7, 11) is 0. The number of ether oxygens (including phenoxy) is 1. The van der Waals surface area contributed by atoms with Gasteiger partial charge in [-0.25, -0.2) is 4.79 Å². The predicted molar refractivity (Wildman–Crippen MR) is 127 cm³/mol. The molecule has 0 bridgehead atoms. The number of halogens is 1. The van der Waals surface area contributed by atoms with Gasteiger partial charge in [0.2, 0.25) is 5.82 Å². The Bertz CT molecular complexity index is 1310. The molecule has 11 heteroatoms. The van der Waals surface area contributed by atoms with E-state index in [9.17, 15) is 9.59 Å². The number of carbonyl (C=O) groups is 1. The topological polar surface area (TPSA) is 136 Å². The third kappa shape index (κ3) is 5.65. The summed E-state index contributed by atoms with van der Waals surface area (Å²) in [4.78, 5) is 28.2. The summed E-state index contributed by atoms with van der Waals surface area (Å²) in [5.41, 5.74) is 3.63. The van der Waals surface area contributed by atoms with Crippen LogP contribution in [0.3, 0.4) is 0 Å². The molecule has 3 aromatic heterocycles. The van der Waals surface area contributed by atoms with E-state index >= 15 is 0 Å². The second-order valence-electron chi connectivity index (χ2n) is 7.41. The number of aryl methyl sites for hydroxylation is 1. The van der Waals surface area contributed by atoms with Crippen LogP contribution in [0.1, 0.15) is 31.0 Å². The molecule has 2 N–H and O–H groups in total. The normalized spacial score (nSPS) is 10.5. The molecule has 0 unspecified atom stereocenters. The zero-order valence-corrected chi connectivity index (χ0v) is 19.2. The number of rotatable bonds is 8. The Kier molecular flexibility index (Phi) is 8.10. The van der Waals surface area contributed by atoms with Gasteiger partial charge < -0.3 is 14.4 Å². The van der Waals surface area contributed by atoms with E-state index in [2.05, 4.69) is 32.5 Å². The number of benzene rings is 1. The second-order valence-corrected chi connectivity index (χ2v) is 7.41. The lowest BCUT2D eigenvalue weighted by atomic mass is 10.0. The van der Waals surface area contributed by atoms with Crippen LogP contribution in [0.4, 0.5) is 4.79 Å². The van der Waals surface area contributed by atoms with Crippen LogP contribution < -0.4 is 10.3 Å². The summed E-state index contributed by atoms with van der Waals surface area (Å²) >= 11 is 0. The number of nitrogens with one attached hydrogen (secondary N) is 1. The number of H-pyrrole nitrogens is 1. The molecule has 0 atom stereocenters. The fraction of sp³-hybridized carbons (Fsp3) is 0.217. The summed E-state index contributed by atoms with van der Waals surface area (Å²) in [6.07, 6.45) is 2.70. The summed E-state index contributed by atoms with van der Waals surface area (Å²) in [5.74, 6) is 0.508. The van der Waals surface area contributed by atoms with Crippen molar-refractivity contribution in [3.63, 3.8) is 0 Å². The highest BCUT2D eigenvalue weighted by Crippen LogP contribution is 2.28. The van der Waals surface area contributed by atoms with E-state index in [1.807, 2.05) is 36.4 Å². The fourth-order valence-corrected chi connectivity index (χ4v) is 3.57. The molecule has 3 heterocycles. The Morgan fingerprint density at radius 2 is 1.94 bits per heavy atom. The maximum absolute atomic E-state index is 12.7. The van der Waals surface area contributed by atoms with Crippen molar-refractivity contribution in [2.24, 2.45) is 0 Å². The maximum Gasteiger partial charge on any atom is 0.511 e. The molecule has 0 amide bonds. The highest BCUT2D eigenvalue weighted by atomic mass is 35.5. The number of hydrogen-bond acceptors (Lipinski definition) is 7. The van der Waals surface area contributed by atoms with Gasteiger partial charge in [-0.05, 0) is 29.7 Å². The van der Waals surface area contributed by atoms with Crippen molar-refractivity contribution >= 4 is 18.6 Å². The molecular weight excluding hydrogens is 460 g/mol. The Labute approximate surface area is 201 Å². The highest BCUT2D eigenvalue weighted by molar-refractivity contribution is 5.85. The summed E-state index contributed by atoms with van der Waals surface area (Å²) < 4.78 is 6.32. The first-order chi connectivity index (χ1) is 16.0. The standard InChI is InChI=1S/C23H22N6O4.ClH/c1-2-3-6-16-11-17(33-23(31)32)12-21(30)29(16)14-15-9-10-20(24-13-15)18-7-4-5-8-19(18)22-25-27-28-26-22;/h4-5,7-13H,2-3,6,14H2,1H3,(H,31,32)(H,25,26,27,28);1H. The SMILES string of the molecule is CCCCc1cc(OC(=O)O)cc(=O)n1Cc1ccc(-c2ccccc2-c2nn[nH]n2)nc1.Cl. The molecule has 4 aromatic rings. The van der Waals surface area contributed by atoms with Gasteiger partial charge in [-0.2, -0.15) is 5.21 Å². The number of aromatic amines is 1. The van der Waals surface area contributed by atoms with Gasteiger partial charge in [-0.1, -0.05) is 43.7 Å². The fourth-order valence-electron chi connectivity index (χ4n) is 3.57. The minimum Gasteiger partial charge on any atom is -0.449 e. The van der Waals surface area contributed by atoms with Crippen molar-refractivity contribution < 1.29 is 14.6 Å². The minimum absolute atomic E-state index is 0. The molecule has 10 nitrogen and oxygen atoms in total. The van der Waals surface area contributed by atoms with Crippen molar-refractivity contribution in [1.82, 2.24) is 30.2 Å². The summed E-state index contributed by atoms with van der Waals surface area (Å²) in [6, 6.07) is 14.2. The first-order valence-corrected chi connectivity index (χ1v) is 10.5. The Hall–Kier alpha value is -4.05. The summed E-state index contributed by atoms with van der Waals surface area (Å²) in [5, 5.41) is 23.1. The maximum atomic E-state index is 12.7. The number of unbranched alkanes of at least 4 members (excludes halogenated alkanes) is 1. The number of pyridine rings is 2. The summed E-state index contributed by atoms with van der Waals surface area (Å²) in [6.45, 7) is 2.36. The molecule has 0 spiro atoms. The molecule has 176 valence electrons. The van der Waals surface area contributed by atoms with Gasteiger partial charge in [0, 0.05) is 35.2 Å². The van der Waals surface area contributed by atoms with Crippen LogP contribution in [0, 0.1) is 0 Å². The van der Waals surface area contributed by atoms with Crippen LogP contribution in [0.2, 0.25) is 0 Å². The Morgan fingerprint density at radius 3 is 2.59 bits per heavy atom. The van der Waals surface area contributed by atoms with Crippen molar-refractivity contribution in [3.05, 3.63) is 76.3 Å². The van der Waals surface area contributed by atoms with Crippen molar-refractivity contribution in [2.45, 2.75) is 32.7 Å². The van der Waals surface area contributed by atoms with Gasteiger partial charge in [0.05, 0.1) is 12.2 Å². The number of tetrazole rings is 1. The highest BCUT2D eigenvalue weighted by Gasteiger charge is 2.13. The zero-order chi connectivity index (χ0) is 23.2. The Morgan fingerprint density at radius 1 is 1.15 bits per heavy atom. The minimum atomic E-state index is -1.45. The van der Waals surface area contributed by atoms with E-state index in [0.717, 1.165) is 35.2 Å².